The molecule has 2 rings (SSSR count). The van der Waals surface area contributed by atoms with Crippen molar-refractivity contribution in [2.45, 2.75) is 25.0 Å². The van der Waals surface area contributed by atoms with Gasteiger partial charge in [0.2, 0.25) is 5.91 Å². The quantitative estimate of drug-likeness (QED) is 0.810. The molecule has 4 nitrogen and oxygen atoms in total. The molecule has 0 bridgehead atoms. The zero-order valence-corrected chi connectivity index (χ0v) is 14.8. The van der Waals surface area contributed by atoms with Gasteiger partial charge in [0.25, 0.3) is 0 Å². The molecule has 0 aliphatic rings. The Kier molecular flexibility index (Phi) is 6.29. The number of carbonyl (C=O) groups is 1. The summed E-state index contributed by atoms with van der Waals surface area (Å²) in [5.74, 6) is 0.0617. The Morgan fingerprint density at radius 2 is 1.67 bits per heavy atom. The Labute approximate surface area is 145 Å². The maximum atomic E-state index is 12.4. The molecule has 24 heavy (non-hydrogen) atoms. The van der Waals surface area contributed by atoms with Crippen molar-refractivity contribution in [3.63, 3.8) is 0 Å². The summed E-state index contributed by atoms with van der Waals surface area (Å²) >= 11 is 0. The van der Waals surface area contributed by atoms with Gasteiger partial charge in [0.05, 0.1) is 18.1 Å². The van der Waals surface area contributed by atoms with E-state index in [0.29, 0.717) is 11.3 Å². The normalized spacial score (nSPS) is 16.0. The molecule has 0 heterocycles. The molecule has 2 aromatic rings. The van der Waals surface area contributed by atoms with E-state index in [9.17, 15) is 14.1 Å². The fourth-order valence-electron chi connectivity index (χ4n) is 2.60. The summed E-state index contributed by atoms with van der Waals surface area (Å²) in [6.45, 7) is 1.62. The van der Waals surface area contributed by atoms with Gasteiger partial charge in [-0.3, -0.25) is 9.00 Å². The molecule has 3 atom stereocenters. The van der Waals surface area contributed by atoms with Gasteiger partial charge in [0, 0.05) is 22.8 Å². The van der Waals surface area contributed by atoms with Crippen LogP contribution in [0.15, 0.2) is 60.7 Å². The van der Waals surface area contributed by atoms with Gasteiger partial charge in [0.15, 0.2) is 0 Å². The van der Waals surface area contributed by atoms with Crippen LogP contribution in [0.5, 0.6) is 0 Å². The van der Waals surface area contributed by atoms with Gasteiger partial charge >= 0.3 is 0 Å². The number of nitrogens with one attached hydrogen (secondary N) is 1. The summed E-state index contributed by atoms with van der Waals surface area (Å²) in [6.07, 6.45) is 1.55. The summed E-state index contributed by atoms with van der Waals surface area (Å²) in [4.78, 5) is 12.4. The van der Waals surface area contributed by atoms with Gasteiger partial charge in [0.1, 0.15) is 0 Å². The van der Waals surface area contributed by atoms with Gasteiger partial charge in [-0.1, -0.05) is 60.7 Å². The van der Waals surface area contributed by atoms with Crippen molar-refractivity contribution in [2.24, 2.45) is 0 Å². The van der Waals surface area contributed by atoms with Crippen molar-refractivity contribution in [3.05, 3.63) is 71.8 Å². The van der Waals surface area contributed by atoms with Gasteiger partial charge in [-0.2, -0.15) is 0 Å². The van der Waals surface area contributed by atoms with E-state index in [4.69, 9.17) is 0 Å². The van der Waals surface area contributed by atoms with E-state index in [0.717, 1.165) is 5.56 Å². The third kappa shape index (κ3) is 5.28. The topological polar surface area (TPSA) is 66.4 Å². The minimum atomic E-state index is -1.25. The number of hydrogen-bond acceptors (Lipinski definition) is 3. The Morgan fingerprint density at radius 1 is 1.12 bits per heavy atom. The van der Waals surface area contributed by atoms with E-state index >= 15 is 0 Å². The molecule has 0 saturated carbocycles. The molecule has 0 aliphatic carbocycles. The highest BCUT2D eigenvalue weighted by atomic mass is 32.2. The summed E-state index contributed by atoms with van der Waals surface area (Å²) in [7, 11) is -1.05. The predicted octanol–water partition coefficient (Wildman–Crippen LogP) is 2.52. The molecule has 3 unspecified atom stereocenters. The largest absolute Gasteiger partial charge is 0.385 e. The molecule has 2 N–H and O–H groups in total. The third-order valence-electron chi connectivity index (χ3n) is 3.84. The van der Waals surface area contributed by atoms with E-state index in [1.807, 2.05) is 48.5 Å². The standard InChI is InChI=1S/C19H23NO3S/c1-19(22,16-11-7-4-8-12-16)13-18(21)20-17(14-24(2)23)15-9-5-3-6-10-15/h3-12,17,22H,13-14H2,1-2H3,(H,20,21). The van der Waals surface area contributed by atoms with Gasteiger partial charge in [-0.25, -0.2) is 0 Å². The molecular formula is C19H23NO3S. The number of amides is 1. The fourth-order valence-corrected chi connectivity index (χ4v) is 3.34. The lowest BCUT2D eigenvalue weighted by Crippen LogP contribution is -2.36. The number of aliphatic hydroxyl groups is 1. The summed E-state index contributed by atoms with van der Waals surface area (Å²) in [5, 5.41) is 13.5. The SMILES string of the molecule is CS(=O)CC(NC(=O)CC(C)(O)c1ccccc1)c1ccccc1. The maximum absolute atomic E-state index is 12.4. The summed E-state index contributed by atoms with van der Waals surface area (Å²) < 4.78 is 11.6. The lowest BCUT2D eigenvalue weighted by atomic mass is 9.92. The summed E-state index contributed by atoms with van der Waals surface area (Å²) in [6, 6.07) is 18.2. The molecule has 5 heteroatoms. The molecular weight excluding hydrogens is 322 g/mol. The van der Waals surface area contributed by atoms with Crippen molar-refractivity contribution in [3.8, 4) is 0 Å². The minimum Gasteiger partial charge on any atom is -0.385 e. The molecule has 128 valence electrons. The van der Waals surface area contributed by atoms with Crippen molar-refractivity contribution in [1.29, 1.82) is 0 Å². The molecule has 0 saturated heterocycles. The van der Waals surface area contributed by atoms with Crippen LogP contribution in [0.4, 0.5) is 0 Å². The molecule has 0 radical (unpaired) electrons. The summed E-state index contributed by atoms with van der Waals surface area (Å²) in [5.41, 5.74) is 0.341. The second kappa shape index (κ2) is 8.22. The van der Waals surface area contributed by atoms with E-state index in [-0.39, 0.29) is 18.4 Å². The van der Waals surface area contributed by atoms with Crippen LogP contribution in [0.25, 0.3) is 0 Å². The van der Waals surface area contributed by atoms with E-state index in [1.165, 1.54) is 0 Å². The number of benzene rings is 2. The van der Waals surface area contributed by atoms with Crippen molar-refractivity contribution >= 4 is 16.7 Å². The predicted molar refractivity (Wildman–Crippen MR) is 96.9 cm³/mol. The van der Waals surface area contributed by atoms with Crippen LogP contribution < -0.4 is 5.32 Å². The minimum absolute atomic E-state index is 0.0588. The number of rotatable bonds is 7. The van der Waals surface area contributed by atoms with Crippen molar-refractivity contribution in [2.75, 3.05) is 12.0 Å². The van der Waals surface area contributed by atoms with E-state index < -0.39 is 16.4 Å². The van der Waals surface area contributed by atoms with Crippen LogP contribution in [-0.2, 0) is 21.2 Å². The first-order chi connectivity index (χ1) is 11.4. The molecule has 1 amide bonds. The van der Waals surface area contributed by atoms with E-state index in [2.05, 4.69) is 5.32 Å². The Hall–Kier alpha value is -1.98. The average Bonchev–Trinajstić information content (AvgIpc) is 2.55. The maximum Gasteiger partial charge on any atom is 0.223 e. The zero-order valence-electron chi connectivity index (χ0n) is 13.9. The van der Waals surface area contributed by atoms with Crippen LogP contribution in [0.1, 0.15) is 30.5 Å². The van der Waals surface area contributed by atoms with Crippen LogP contribution in [0.3, 0.4) is 0 Å². The van der Waals surface area contributed by atoms with Crippen molar-refractivity contribution in [1.82, 2.24) is 5.32 Å². The fraction of sp³-hybridized carbons (Fsp3) is 0.316. The second-order valence-electron chi connectivity index (χ2n) is 6.09. The Morgan fingerprint density at radius 3 is 2.21 bits per heavy atom. The smallest absolute Gasteiger partial charge is 0.223 e. The number of carbonyl (C=O) groups excluding carboxylic acids is 1. The molecule has 2 aromatic carbocycles. The lowest BCUT2D eigenvalue weighted by Gasteiger charge is -2.25. The number of hydrogen-bond donors (Lipinski definition) is 2. The van der Waals surface area contributed by atoms with Crippen molar-refractivity contribution < 1.29 is 14.1 Å². The highest BCUT2D eigenvalue weighted by Crippen LogP contribution is 2.24. The average molecular weight is 345 g/mol. The Balaban J connectivity index is 2.09. The lowest BCUT2D eigenvalue weighted by molar-refractivity contribution is -0.126. The Bertz CT molecular complexity index is 686. The highest BCUT2D eigenvalue weighted by Gasteiger charge is 2.28. The first-order valence-corrected chi connectivity index (χ1v) is 9.53. The molecule has 0 fully saturated rings. The zero-order chi connectivity index (χ0) is 17.6. The van der Waals surface area contributed by atoms with E-state index in [1.54, 1.807) is 25.3 Å². The third-order valence-corrected chi connectivity index (χ3v) is 4.64. The van der Waals surface area contributed by atoms with Gasteiger partial charge in [-0.15, -0.1) is 0 Å². The van der Waals surface area contributed by atoms with Crippen LogP contribution in [0, 0.1) is 0 Å². The van der Waals surface area contributed by atoms with Crippen LogP contribution >= 0.6 is 0 Å². The molecule has 0 aliphatic heterocycles. The molecule has 0 spiro atoms. The first kappa shape index (κ1) is 18.4. The van der Waals surface area contributed by atoms with Crippen LogP contribution in [-0.4, -0.2) is 27.2 Å². The second-order valence-corrected chi connectivity index (χ2v) is 7.57. The van der Waals surface area contributed by atoms with Gasteiger partial charge < -0.3 is 10.4 Å². The molecule has 0 aromatic heterocycles. The van der Waals surface area contributed by atoms with Crippen LogP contribution in [0.2, 0.25) is 0 Å². The highest BCUT2D eigenvalue weighted by molar-refractivity contribution is 7.84. The first-order valence-electron chi connectivity index (χ1n) is 7.81. The monoisotopic (exact) mass is 345 g/mol. The van der Waals surface area contributed by atoms with Gasteiger partial charge in [-0.05, 0) is 18.1 Å².